The monoisotopic (exact) mass is 328 g/mol. The fraction of sp³-hybridized carbons (Fsp3) is 0.556. The molecule has 0 aliphatic carbocycles. The molecule has 6 heteroatoms. The molecule has 2 aliphatic rings. The third-order valence-electron chi connectivity index (χ3n) is 4.94. The number of rotatable bonds is 3. The summed E-state index contributed by atoms with van der Waals surface area (Å²) >= 11 is 0. The van der Waals surface area contributed by atoms with Crippen molar-refractivity contribution in [3.8, 4) is 0 Å². The van der Waals surface area contributed by atoms with Crippen LogP contribution in [0.15, 0.2) is 35.0 Å². The molecule has 0 amide bonds. The Balaban J connectivity index is 1.39. The number of anilines is 1. The SMILES string of the molecule is Cc1ccc(CN2CC[C@H]3CN(c4ncccn4)CCO[C@H]3C2)o1. The van der Waals surface area contributed by atoms with Gasteiger partial charge in [0.2, 0.25) is 5.95 Å². The van der Waals surface area contributed by atoms with Crippen LogP contribution in [0.25, 0.3) is 0 Å². The van der Waals surface area contributed by atoms with Gasteiger partial charge in [-0.15, -0.1) is 0 Å². The topological polar surface area (TPSA) is 54.6 Å². The summed E-state index contributed by atoms with van der Waals surface area (Å²) in [5, 5.41) is 0. The molecule has 128 valence electrons. The number of hydrogen-bond acceptors (Lipinski definition) is 6. The number of ether oxygens (including phenoxy) is 1. The minimum absolute atomic E-state index is 0.281. The highest BCUT2D eigenvalue weighted by Crippen LogP contribution is 2.26. The lowest BCUT2D eigenvalue weighted by atomic mass is 9.93. The van der Waals surface area contributed by atoms with Gasteiger partial charge in [0.05, 0.1) is 19.3 Å². The van der Waals surface area contributed by atoms with E-state index in [1.165, 1.54) is 0 Å². The van der Waals surface area contributed by atoms with Crippen molar-refractivity contribution in [3.05, 3.63) is 42.1 Å². The van der Waals surface area contributed by atoms with E-state index in [4.69, 9.17) is 9.15 Å². The first kappa shape index (κ1) is 15.6. The first-order valence-electron chi connectivity index (χ1n) is 8.69. The molecule has 0 unspecified atom stereocenters. The summed E-state index contributed by atoms with van der Waals surface area (Å²) in [7, 11) is 0. The van der Waals surface area contributed by atoms with Crippen LogP contribution in [0.1, 0.15) is 17.9 Å². The zero-order chi connectivity index (χ0) is 16.4. The van der Waals surface area contributed by atoms with Gasteiger partial charge in [-0.25, -0.2) is 9.97 Å². The first-order valence-corrected chi connectivity index (χ1v) is 8.69. The number of piperidine rings is 1. The van der Waals surface area contributed by atoms with Gasteiger partial charge in [0.1, 0.15) is 11.5 Å². The smallest absolute Gasteiger partial charge is 0.225 e. The Morgan fingerprint density at radius 1 is 1.17 bits per heavy atom. The Bertz CT molecular complexity index is 660. The highest BCUT2D eigenvalue weighted by atomic mass is 16.5. The van der Waals surface area contributed by atoms with Crippen LogP contribution in [0.3, 0.4) is 0 Å². The minimum Gasteiger partial charge on any atom is -0.465 e. The minimum atomic E-state index is 0.281. The van der Waals surface area contributed by atoms with E-state index in [0.29, 0.717) is 5.92 Å². The standard InChI is InChI=1S/C18H24N4O2/c1-14-3-4-16(24-14)12-21-8-5-15-11-22(9-10-23-17(15)13-21)18-19-6-2-7-20-18/h2-4,6-7,15,17H,5,8-13H2,1H3/t15-,17-/m0/s1. The summed E-state index contributed by atoms with van der Waals surface area (Å²) in [6.07, 6.45) is 5.02. The Labute approximate surface area is 142 Å². The number of nitrogens with zero attached hydrogens (tertiary/aromatic N) is 4. The molecule has 2 fully saturated rings. The van der Waals surface area contributed by atoms with E-state index in [2.05, 4.69) is 25.8 Å². The zero-order valence-corrected chi connectivity index (χ0v) is 14.1. The number of furan rings is 1. The predicted molar refractivity (Wildman–Crippen MR) is 90.8 cm³/mol. The van der Waals surface area contributed by atoms with Crippen molar-refractivity contribution in [2.75, 3.05) is 37.7 Å². The van der Waals surface area contributed by atoms with Crippen molar-refractivity contribution >= 4 is 5.95 Å². The fourth-order valence-corrected chi connectivity index (χ4v) is 3.69. The average Bonchev–Trinajstić information content (AvgIpc) is 2.89. The second-order valence-electron chi connectivity index (χ2n) is 6.70. The molecule has 0 radical (unpaired) electrons. The molecule has 24 heavy (non-hydrogen) atoms. The molecule has 6 nitrogen and oxygen atoms in total. The largest absolute Gasteiger partial charge is 0.465 e. The average molecular weight is 328 g/mol. The molecule has 0 aromatic carbocycles. The number of fused-ring (bicyclic) bond motifs is 1. The van der Waals surface area contributed by atoms with Gasteiger partial charge in [-0.3, -0.25) is 4.90 Å². The van der Waals surface area contributed by atoms with Crippen LogP contribution in [0.4, 0.5) is 5.95 Å². The van der Waals surface area contributed by atoms with Gasteiger partial charge in [-0.05, 0) is 38.1 Å². The lowest BCUT2D eigenvalue weighted by Gasteiger charge is -2.37. The molecular weight excluding hydrogens is 304 g/mol. The molecule has 4 heterocycles. The van der Waals surface area contributed by atoms with Crippen LogP contribution in [-0.4, -0.2) is 53.8 Å². The summed E-state index contributed by atoms with van der Waals surface area (Å²) < 4.78 is 11.9. The maximum Gasteiger partial charge on any atom is 0.225 e. The van der Waals surface area contributed by atoms with Crippen molar-refractivity contribution in [1.29, 1.82) is 0 Å². The Hall–Kier alpha value is -1.92. The van der Waals surface area contributed by atoms with E-state index < -0.39 is 0 Å². The van der Waals surface area contributed by atoms with E-state index in [1.807, 2.05) is 19.1 Å². The van der Waals surface area contributed by atoms with Crippen LogP contribution in [-0.2, 0) is 11.3 Å². The van der Waals surface area contributed by atoms with Crippen molar-refractivity contribution in [1.82, 2.24) is 14.9 Å². The van der Waals surface area contributed by atoms with E-state index in [0.717, 1.165) is 63.2 Å². The summed E-state index contributed by atoms with van der Waals surface area (Å²) in [6.45, 7) is 7.46. The lowest BCUT2D eigenvalue weighted by Crippen LogP contribution is -2.46. The Morgan fingerprint density at radius 2 is 2.04 bits per heavy atom. The van der Waals surface area contributed by atoms with Gasteiger partial charge in [0, 0.05) is 37.9 Å². The van der Waals surface area contributed by atoms with Crippen molar-refractivity contribution in [2.45, 2.75) is 26.0 Å². The van der Waals surface area contributed by atoms with Gasteiger partial charge in [-0.2, -0.15) is 0 Å². The summed E-state index contributed by atoms with van der Waals surface area (Å²) in [5.74, 6) is 3.36. The molecule has 2 saturated heterocycles. The van der Waals surface area contributed by atoms with Crippen LogP contribution in [0.5, 0.6) is 0 Å². The third kappa shape index (κ3) is 3.44. The van der Waals surface area contributed by atoms with Crippen molar-refractivity contribution < 1.29 is 9.15 Å². The van der Waals surface area contributed by atoms with E-state index in [9.17, 15) is 0 Å². The summed E-state index contributed by atoms with van der Waals surface area (Å²) in [5.41, 5.74) is 0. The van der Waals surface area contributed by atoms with E-state index in [-0.39, 0.29) is 6.10 Å². The highest BCUT2D eigenvalue weighted by molar-refractivity contribution is 5.29. The Kier molecular flexibility index (Phi) is 4.49. The van der Waals surface area contributed by atoms with Crippen LogP contribution in [0.2, 0.25) is 0 Å². The number of aryl methyl sites for hydroxylation is 1. The second kappa shape index (κ2) is 6.91. The molecule has 0 bridgehead atoms. The quantitative estimate of drug-likeness (QED) is 0.860. The lowest BCUT2D eigenvalue weighted by molar-refractivity contribution is -0.0253. The maximum absolute atomic E-state index is 6.16. The van der Waals surface area contributed by atoms with Gasteiger partial charge >= 0.3 is 0 Å². The first-order chi connectivity index (χ1) is 11.8. The second-order valence-corrected chi connectivity index (χ2v) is 6.70. The fourth-order valence-electron chi connectivity index (χ4n) is 3.69. The molecule has 2 atom stereocenters. The maximum atomic E-state index is 6.16. The van der Waals surface area contributed by atoms with Crippen molar-refractivity contribution in [2.24, 2.45) is 5.92 Å². The molecule has 0 spiro atoms. The Morgan fingerprint density at radius 3 is 2.83 bits per heavy atom. The highest BCUT2D eigenvalue weighted by Gasteiger charge is 2.34. The molecule has 0 saturated carbocycles. The van der Waals surface area contributed by atoms with Gasteiger partial charge in [0.25, 0.3) is 0 Å². The molecule has 2 aliphatic heterocycles. The van der Waals surface area contributed by atoms with Crippen LogP contribution in [0, 0.1) is 12.8 Å². The third-order valence-corrected chi connectivity index (χ3v) is 4.94. The van der Waals surface area contributed by atoms with Crippen molar-refractivity contribution in [3.63, 3.8) is 0 Å². The van der Waals surface area contributed by atoms with Gasteiger partial charge in [0.15, 0.2) is 0 Å². The summed E-state index contributed by atoms with van der Waals surface area (Å²) in [4.78, 5) is 13.5. The van der Waals surface area contributed by atoms with E-state index in [1.54, 1.807) is 12.4 Å². The van der Waals surface area contributed by atoms with Gasteiger partial charge in [-0.1, -0.05) is 0 Å². The summed E-state index contributed by atoms with van der Waals surface area (Å²) in [6, 6.07) is 5.96. The predicted octanol–water partition coefficient (Wildman–Crippen LogP) is 2.11. The van der Waals surface area contributed by atoms with Crippen LogP contribution < -0.4 is 4.90 Å². The molecule has 2 aromatic heterocycles. The van der Waals surface area contributed by atoms with E-state index >= 15 is 0 Å². The normalized spacial score (nSPS) is 25.3. The van der Waals surface area contributed by atoms with Gasteiger partial charge < -0.3 is 14.1 Å². The number of aromatic nitrogens is 2. The molecule has 2 aromatic rings. The van der Waals surface area contributed by atoms with Crippen LogP contribution >= 0.6 is 0 Å². The zero-order valence-electron chi connectivity index (χ0n) is 14.1. The number of likely N-dealkylation sites (tertiary alicyclic amines) is 1. The molecule has 4 rings (SSSR count). The molecule has 0 N–H and O–H groups in total. The number of hydrogen-bond donors (Lipinski definition) is 0. The molecular formula is C18H24N4O2.